The van der Waals surface area contributed by atoms with E-state index in [2.05, 4.69) is 20.5 Å². The van der Waals surface area contributed by atoms with E-state index in [9.17, 15) is 22.8 Å². The van der Waals surface area contributed by atoms with Crippen LogP contribution in [0, 0.1) is 5.92 Å². The number of piperidine rings is 1. The van der Waals surface area contributed by atoms with Crippen molar-refractivity contribution >= 4 is 27.6 Å². The van der Waals surface area contributed by atoms with Crippen LogP contribution >= 0.6 is 0 Å². The highest BCUT2D eigenvalue weighted by molar-refractivity contribution is 7.89. The molecule has 200 valence electrons. The molecule has 36 heavy (non-hydrogen) atoms. The first kappa shape index (κ1) is 28.2. The summed E-state index contributed by atoms with van der Waals surface area (Å²) < 4.78 is 27.0. The first-order valence-corrected chi connectivity index (χ1v) is 14.4. The number of hydrogen-bond acceptors (Lipinski definition) is 7. The minimum absolute atomic E-state index is 0.107. The molecular weight excluding hydrogens is 482 g/mol. The highest BCUT2D eigenvalue weighted by Gasteiger charge is 2.34. The fourth-order valence-corrected chi connectivity index (χ4v) is 6.05. The minimum Gasteiger partial charge on any atom is -0.344 e. The second kappa shape index (κ2) is 13.3. The zero-order valence-corrected chi connectivity index (χ0v) is 22.1. The standard InChI is InChI=1S/C25H39N5O5S/c1-19(2)17-21(27-23(32)11-16-29-13-6-3-7-14-29)25(33)28-20-9-8-15-30(18-22(20)31)36(34,35)24-10-4-5-12-26-24/h4-5,10,12,19-21H,3,6-9,11,13-18H2,1-2H3,(H,27,32)(H,28,33)/t20?,21-/m0/s1. The van der Waals surface area contributed by atoms with Gasteiger partial charge in [0.2, 0.25) is 11.8 Å². The largest absolute Gasteiger partial charge is 0.344 e. The number of nitrogens with zero attached hydrogens (tertiary/aromatic N) is 3. The van der Waals surface area contributed by atoms with Crippen LogP contribution in [0.25, 0.3) is 0 Å². The number of ketones is 1. The molecule has 2 aliphatic heterocycles. The predicted octanol–water partition coefficient (Wildman–Crippen LogP) is 1.33. The van der Waals surface area contributed by atoms with Crippen molar-refractivity contribution in [3.8, 4) is 0 Å². The molecule has 0 aromatic carbocycles. The summed E-state index contributed by atoms with van der Waals surface area (Å²) in [5.74, 6) is -0.803. The lowest BCUT2D eigenvalue weighted by atomic mass is 10.0. The Labute approximate surface area is 214 Å². The Hall–Kier alpha value is -2.37. The van der Waals surface area contributed by atoms with E-state index in [1.54, 1.807) is 12.1 Å². The predicted molar refractivity (Wildman–Crippen MR) is 135 cm³/mol. The lowest BCUT2D eigenvalue weighted by molar-refractivity contribution is -0.132. The molecule has 0 saturated carbocycles. The van der Waals surface area contributed by atoms with Crippen LogP contribution in [0.15, 0.2) is 29.4 Å². The Morgan fingerprint density at radius 2 is 1.86 bits per heavy atom. The van der Waals surface area contributed by atoms with Gasteiger partial charge in [-0.2, -0.15) is 4.31 Å². The monoisotopic (exact) mass is 521 g/mol. The summed E-state index contributed by atoms with van der Waals surface area (Å²) in [6, 6.07) is 3.05. The third-order valence-electron chi connectivity index (χ3n) is 6.64. The second-order valence-electron chi connectivity index (χ2n) is 10.1. The Bertz CT molecular complexity index is 995. The molecule has 1 aromatic rings. The van der Waals surface area contributed by atoms with Crippen LogP contribution in [0.2, 0.25) is 0 Å². The summed E-state index contributed by atoms with van der Waals surface area (Å²) in [5, 5.41) is 5.54. The van der Waals surface area contributed by atoms with Crippen molar-refractivity contribution in [3.63, 3.8) is 0 Å². The molecular formula is C25H39N5O5S. The number of pyridine rings is 1. The van der Waals surface area contributed by atoms with E-state index in [0.29, 0.717) is 32.2 Å². The van der Waals surface area contributed by atoms with E-state index < -0.39 is 28.0 Å². The van der Waals surface area contributed by atoms with Gasteiger partial charge in [-0.15, -0.1) is 0 Å². The number of carbonyl (C=O) groups is 3. The first-order valence-electron chi connectivity index (χ1n) is 12.9. The highest BCUT2D eigenvalue weighted by Crippen LogP contribution is 2.18. The average molecular weight is 522 g/mol. The number of carbonyl (C=O) groups excluding carboxylic acids is 3. The molecule has 10 nitrogen and oxygen atoms in total. The fraction of sp³-hybridized carbons (Fsp3) is 0.680. The number of hydrogen-bond donors (Lipinski definition) is 2. The van der Waals surface area contributed by atoms with Crippen LogP contribution in [0.1, 0.15) is 58.8 Å². The van der Waals surface area contributed by atoms with Crippen LogP contribution < -0.4 is 10.6 Å². The molecule has 1 aromatic heterocycles. The van der Waals surface area contributed by atoms with Gasteiger partial charge in [0.15, 0.2) is 10.8 Å². The topological polar surface area (TPSA) is 129 Å². The Kier molecular flexibility index (Phi) is 10.4. The Morgan fingerprint density at radius 3 is 2.53 bits per heavy atom. The molecule has 3 heterocycles. The van der Waals surface area contributed by atoms with Crippen LogP contribution in [0.3, 0.4) is 0 Å². The molecule has 2 N–H and O–H groups in total. The van der Waals surface area contributed by atoms with Gasteiger partial charge >= 0.3 is 0 Å². The molecule has 1 unspecified atom stereocenters. The van der Waals surface area contributed by atoms with Gasteiger partial charge in [-0.05, 0) is 63.2 Å². The number of likely N-dealkylation sites (tertiary alicyclic amines) is 1. The van der Waals surface area contributed by atoms with E-state index in [1.165, 1.54) is 18.7 Å². The molecule has 0 radical (unpaired) electrons. The number of sulfonamides is 1. The van der Waals surface area contributed by atoms with Gasteiger partial charge < -0.3 is 15.5 Å². The maximum Gasteiger partial charge on any atom is 0.260 e. The van der Waals surface area contributed by atoms with Crippen molar-refractivity contribution in [2.45, 2.75) is 75.9 Å². The number of nitrogens with one attached hydrogen (secondary N) is 2. The van der Waals surface area contributed by atoms with Crippen LogP contribution in [-0.4, -0.2) is 85.0 Å². The van der Waals surface area contributed by atoms with Crippen molar-refractivity contribution < 1.29 is 22.8 Å². The Morgan fingerprint density at radius 1 is 1.11 bits per heavy atom. The third kappa shape index (κ3) is 8.07. The lowest BCUT2D eigenvalue weighted by Gasteiger charge is -2.27. The van der Waals surface area contributed by atoms with Crippen molar-refractivity contribution in [1.29, 1.82) is 0 Å². The number of Topliss-reactive ketones (excluding diaryl/α,β-unsaturated/α-hetero) is 1. The van der Waals surface area contributed by atoms with Crippen LogP contribution in [-0.2, 0) is 24.4 Å². The van der Waals surface area contributed by atoms with Crippen molar-refractivity contribution in [2.75, 3.05) is 32.7 Å². The highest BCUT2D eigenvalue weighted by atomic mass is 32.2. The second-order valence-corrected chi connectivity index (χ2v) is 12.0. The van der Waals surface area contributed by atoms with E-state index in [0.717, 1.165) is 30.2 Å². The van der Waals surface area contributed by atoms with E-state index >= 15 is 0 Å². The summed E-state index contributed by atoms with van der Waals surface area (Å²) in [7, 11) is -3.91. The summed E-state index contributed by atoms with van der Waals surface area (Å²) in [6.45, 7) is 6.44. The van der Waals surface area contributed by atoms with E-state index in [1.807, 2.05) is 13.8 Å². The first-order chi connectivity index (χ1) is 17.2. The van der Waals surface area contributed by atoms with Crippen LogP contribution in [0.4, 0.5) is 0 Å². The quantitative estimate of drug-likeness (QED) is 0.475. The third-order valence-corrected chi connectivity index (χ3v) is 8.40. The molecule has 2 fully saturated rings. The summed E-state index contributed by atoms with van der Waals surface area (Å²) >= 11 is 0. The smallest absolute Gasteiger partial charge is 0.260 e. The summed E-state index contributed by atoms with van der Waals surface area (Å²) in [6.07, 6.45) is 6.44. The minimum atomic E-state index is -3.91. The summed E-state index contributed by atoms with van der Waals surface area (Å²) in [4.78, 5) is 44.9. The zero-order chi connectivity index (χ0) is 26.1. The fourth-order valence-electron chi connectivity index (χ4n) is 4.67. The van der Waals surface area contributed by atoms with E-state index in [-0.39, 0.29) is 35.7 Å². The lowest BCUT2D eigenvalue weighted by Crippen LogP contribution is -2.53. The number of rotatable bonds is 10. The van der Waals surface area contributed by atoms with Gasteiger partial charge in [-0.25, -0.2) is 13.4 Å². The molecule has 2 aliphatic rings. The van der Waals surface area contributed by atoms with Crippen molar-refractivity contribution in [1.82, 2.24) is 24.8 Å². The number of aromatic nitrogens is 1. The molecule has 2 saturated heterocycles. The summed E-state index contributed by atoms with van der Waals surface area (Å²) in [5.41, 5.74) is 0. The molecule has 2 amide bonds. The SMILES string of the molecule is CC(C)C[C@H](NC(=O)CCN1CCCCC1)C(=O)NC1CCCN(S(=O)(=O)c2ccccn2)CC1=O. The molecule has 2 atom stereocenters. The molecule has 11 heteroatoms. The van der Waals surface area contributed by atoms with E-state index in [4.69, 9.17) is 0 Å². The van der Waals surface area contributed by atoms with Gasteiger partial charge in [-0.3, -0.25) is 14.4 Å². The molecule has 0 spiro atoms. The molecule has 0 bridgehead atoms. The maximum absolute atomic E-state index is 13.1. The maximum atomic E-state index is 13.1. The normalized spacial score (nSPS) is 21.1. The molecule has 3 rings (SSSR count). The molecule has 0 aliphatic carbocycles. The van der Waals surface area contributed by atoms with Crippen molar-refractivity contribution in [3.05, 3.63) is 24.4 Å². The van der Waals surface area contributed by atoms with Gasteiger partial charge in [-0.1, -0.05) is 26.3 Å². The van der Waals surface area contributed by atoms with Crippen LogP contribution in [0.5, 0.6) is 0 Å². The van der Waals surface area contributed by atoms with Gasteiger partial charge in [0, 0.05) is 25.7 Å². The van der Waals surface area contributed by atoms with Gasteiger partial charge in [0.1, 0.15) is 6.04 Å². The Balaban J connectivity index is 1.58. The number of amides is 2. The van der Waals surface area contributed by atoms with Gasteiger partial charge in [0.05, 0.1) is 12.6 Å². The van der Waals surface area contributed by atoms with Gasteiger partial charge in [0.25, 0.3) is 10.0 Å². The van der Waals surface area contributed by atoms with Crippen molar-refractivity contribution in [2.24, 2.45) is 5.92 Å². The zero-order valence-electron chi connectivity index (χ0n) is 21.3. The average Bonchev–Trinajstić information content (AvgIpc) is 3.05.